The van der Waals surface area contributed by atoms with Crippen molar-refractivity contribution in [2.75, 3.05) is 13.1 Å². The summed E-state index contributed by atoms with van der Waals surface area (Å²) >= 11 is 0. The van der Waals surface area contributed by atoms with E-state index in [2.05, 4.69) is 29.4 Å². The molecule has 7 heteroatoms. The molecule has 2 N–H and O–H groups in total. The predicted molar refractivity (Wildman–Crippen MR) is 124 cm³/mol. The van der Waals surface area contributed by atoms with Crippen molar-refractivity contribution in [1.29, 1.82) is 0 Å². The Labute approximate surface area is 189 Å². The summed E-state index contributed by atoms with van der Waals surface area (Å²) < 4.78 is 5.64. The molecule has 1 saturated heterocycles. The molecular formula is C25H35N3O4. The first-order chi connectivity index (χ1) is 15.3. The number of fused-ring (bicyclic) bond motifs is 1. The first kappa shape index (κ1) is 24.0. The van der Waals surface area contributed by atoms with Crippen LogP contribution in [0.25, 0.3) is 11.0 Å². The van der Waals surface area contributed by atoms with Gasteiger partial charge in [0.2, 0.25) is 5.91 Å². The molecule has 2 amide bonds. The van der Waals surface area contributed by atoms with E-state index < -0.39 is 18.0 Å². The van der Waals surface area contributed by atoms with Gasteiger partial charge < -0.3 is 15.1 Å². The third-order valence-corrected chi connectivity index (χ3v) is 6.05. The lowest BCUT2D eigenvalue weighted by atomic mass is 10.0. The fourth-order valence-electron chi connectivity index (χ4n) is 4.26. The summed E-state index contributed by atoms with van der Waals surface area (Å²) in [4.78, 5) is 40.9. The van der Waals surface area contributed by atoms with E-state index in [0.717, 1.165) is 24.8 Å². The molecule has 1 aromatic heterocycles. The molecule has 3 rings (SSSR count). The summed E-state index contributed by atoms with van der Waals surface area (Å²) in [5.74, 6) is -0.368. The molecule has 0 aliphatic carbocycles. The summed E-state index contributed by atoms with van der Waals surface area (Å²) in [5, 5.41) is 6.57. The quantitative estimate of drug-likeness (QED) is 0.654. The van der Waals surface area contributed by atoms with Gasteiger partial charge in [0.1, 0.15) is 11.6 Å². The second-order valence-electron chi connectivity index (χ2n) is 9.23. The first-order valence-electron chi connectivity index (χ1n) is 11.6. The number of carbonyl (C=O) groups is 3. The molecule has 1 aromatic carbocycles. The Morgan fingerprint density at radius 2 is 1.97 bits per heavy atom. The van der Waals surface area contributed by atoms with Crippen molar-refractivity contribution in [2.45, 2.75) is 71.5 Å². The van der Waals surface area contributed by atoms with Crippen LogP contribution in [0.2, 0.25) is 0 Å². The number of carbonyl (C=O) groups excluding carboxylic acids is 3. The Hall–Kier alpha value is -2.67. The van der Waals surface area contributed by atoms with Gasteiger partial charge in [-0.15, -0.1) is 0 Å². The number of benzene rings is 1. The zero-order chi connectivity index (χ0) is 23.3. The van der Waals surface area contributed by atoms with E-state index in [9.17, 15) is 14.4 Å². The largest absolute Gasteiger partial charge is 0.451 e. The highest BCUT2D eigenvalue weighted by Crippen LogP contribution is 2.20. The van der Waals surface area contributed by atoms with Crippen molar-refractivity contribution in [1.82, 2.24) is 15.5 Å². The van der Waals surface area contributed by atoms with Gasteiger partial charge in [-0.2, -0.15) is 0 Å². The highest BCUT2D eigenvalue weighted by atomic mass is 16.3. The van der Waals surface area contributed by atoms with E-state index >= 15 is 0 Å². The van der Waals surface area contributed by atoms with Crippen molar-refractivity contribution < 1.29 is 18.8 Å². The standard InChI is InChI=1S/C25H35N3O4/c1-5-12-28-15-21(29)19(11-10-17(28)4)26-24(30)20(13-16(2)3)27-25(31)23-14-18-8-6-7-9-22(18)32-23/h6-9,14,16-17,19-20H,5,10-13,15H2,1-4H3,(H,26,30)(H,27,31)/t17-,19+,20+/m1/s1. The average molecular weight is 442 g/mol. The number of ketones is 1. The van der Waals surface area contributed by atoms with Gasteiger partial charge in [0, 0.05) is 11.4 Å². The van der Waals surface area contributed by atoms with Crippen LogP contribution in [0.15, 0.2) is 34.7 Å². The molecular weight excluding hydrogens is 406 g/mol. The summed E-state index contributed by atoms with van der Waals surface area (Å²) in [6, 6.07) is 8.10. The summed E-state index contributed by atoms with van der Waals surface area (Å²) in [6.07, 6.45) is 2.91. The molecule has 0 saturated carbocycles. The molecule has 32 heavy (non-hydrogen) atoms. The van der Waals surface area contributed by atoms with Crippen molar-refractivity contribution in [2.24, 2.45) is 5.92 Å². The number of hydrogen-bond donors (Lipinski definition) is 2. The Kier molecular flexibility index (Phi) is 8.07. The molecule has 1 aliphatic rings. The number of amides is 2. The molecule has 3 atom stereocenters. The SMILES string of the molecule is CCCN1CC(=O)[C@@H](NC(=O)[C@H](CC(C)C)NC(=O)c2cc3ccccc3o2)CC[C@H]1C. The number of nitrogens with zero attached hydrogens (tertiary/aromatic N) is 1. The monoisotopic (exact) mass is 441 g/mol. The molecule has 0 radical (unpaired) electrons. The number of nitrogens with one attached hydrogen (secondary N) is 2. The second-order valence-corrected chi connectivity index (χ2v) is 9.23. The van der Waals surface area contributed by atoms with Gasteiger partial charge in [0.25, 0.3) is 5.91 Å². The van der Waals surface area contributed by atoms with Crippen LogP contribution in [-0.2, 0) is 9.59 Å². The molecule has 2 aromatic rings. The smallest absolute Gasteiger partial charge is 0.287 e. The third-order valence-electron chi connectivity index (χ3n) is 6.05. The number of Topliss-reactive ketones (excluding diaryl/α,β-unsaturated/α-hetero) is 1. The molecule has 7 nitrogen and oxygen atoms in total. The van der Waals surface area contributed by atoms with Crippen molar-refractivity contribution >= 4 is 28.6 Å². The Morgan fingerprint density at radius 1 is 1.22 bits per heavy atom. The molecule has 0 unspecified atom stereocenters. The van der Waals surface area contributed by atoms with E-state index in [0.29, 0.717) is 31.0 Å². The van der Waals surface area contributed by atoms with Gasteiger partial charge in [-0.3, -0.25) is 19.3 Å². The minimum atomic E-state index is -0.740. The maximum atomic E-state index is 13.1. The zero-order valence-electron chi connectivity index (χ0n) is 19.5. The van der Waals surface area contributed by atoms with Gasteiger partial charge in [-0.1, -0.05) is 39.0 Å². The van der Waals surface area contributed by atoms with Gasteiger partial charge in [0.15, 0.2) is 11.5 Å². The van der Waals surface area contributed by atoms with Crippen LogP contribution >= 0.6 is 0 Å². The number of furan rings is 1. The minimum Gasteiger partial charge on any atom is -0.451 e. The van der Waals surface area contributed by atoms with Crippen LogP contribution in [0, 0.1) is 5.92 Å². The molecule has 0 bridgehead atoms. The highest BCUT2D eigenvalue weighted by molar-refractivity contribution is 5.99. The lowest BCUT2D eigenvalue weighted by Gasteiger charge is -2.25. The van der Waals surface area contributed by atoms with Crippen molar-refractivity contribution in [3.8, 4) is 0 Å². The van der Waals surface area contributed by atoms with Gasteiger partial charge >= 0.3 is 0 Å². The van der Waals surface area contributed by atoms with Gasteiger partial charge in [-0.25, -0.2) is 0 Å². The van der Waals surface area contributed by atoms with Gasteiger partial charge in [0.05, 0.1) is 12.6 Å². The van der Waals surface area contributed by atoms with Crippen LogP contribution < -0.4 is 10.6 Å². The first-order valence-corrected chi connectivity index (χ1v) is 11.6. The maximum Gasteiger partial charge on any atom is 0.287 e. The lowest BCUT2D eigenvalue weighted by molar-refractivity contribution is -0.129. The van der Waals surface area contributed by atoms with Crippen LogP contribution in [0.5, 0.6) is 0 Å². The van der Waals surface area contributed by atoms with Crippen LogP contribution in [0.4, 0.5) is 0 Å². The lowest BCUT2D eigenvalue weighted by Crippen LogP contribution is -2.52. The normalized spacial score (nSPS) is 20.8. The van der Waals surface area contributed by atoms with Gasteiger partial charge in [-0.05, 0) is 57.2 Å². The van der Waals surface area contributed by atoms with E-state index in [1.54, 1.807) is 12.1 Å². The van der Waals surface area contributed by atoms with Crippen LogP contribution in [0.1, 0.15) is 63.9 Å². The van der Waals surface area contributed by atoms with Crippen molar-refractivity contribution in [3.63, 3.8) is 0 Å². The molecule has 1 fully saturated rings. The molecule has 174 valence electrons. The van der Waals surface area contributed by atoms with Crippen molar-refractivity contribution in [3.05, 3.63) is 36.1 Å². The predicted octanol–water partition coefficient (Wildman–Crippen LogP) is 3.53. The third kappa shape index (κ3) is 5.97. The summed E-state index contributed by atoms with van der Waals surface area (Å²) in [5.41, 5.74) is 0.623. The zero-order valence-corrected chi connectivity index (χ0v) is 19.5. The second kappa shape index (κ2) is 10.8. The summed E-state index contributed by atoms with van der Waals surface area (Å²) in [7, 11) is 0. The number of rotatable bonds is 8. The van der Waals surface area contributed by atoms with Crippen LogP contribution in [0.3, 0.4) is 0 Å². The van der Waals surface area contributed by atoms with E-state index in [1.165, 1.54) is 0 Å². The Bertz CT molecular complexity index is 919. The summed E-state index contributed by atoms with van der Waals surface area (Å²) in [6.45, 7) is 9.44. The Balaban J connectivity index is 1.68. The number of hydrogen-bond acceptors (Lipinski definition) is 5. The molecule has 0 spiro atoms. The minimum absolute atomic E-state index is 0.0306. The van der Waals surface area contributed by atoms with Crippen LogP contribution in [-0.4, -0.2) is 53.7 Å². The topological polar surface area (TPSA) is 91.7 Å². The fourth-order valence-corrected chi connectivity index (χ4v) is 4.26. The van der Waals surface area contributed by atoms with E-state index in [4.69, 9.17) is 4.42 Å². The molecule has 2 heterocycles. The highest BCUT2D eigenvalue weighted by Gasteiger charge is 2.32. The fraction of sp³-hybridized carbons (Fsp3) is 0.560. The number of para-hydroxylation sites is 1. The van der Waals surface area contributed by atoms with E-state index in [-0.39, 0.29) is 23.4 Å². The average Bonchev–Trinajstić information content (AvgIpc) is 3.14. The number of likely N-dealkylation sites (tertiary alicyclic amines) is 1. The molecule has 1 aliphatic heterocycles. The van der Waals surface area contributed by atoms with E-state index in [1.807, 2.05) is 32.0 Å². The Morgan fingerprint density at radius 3 is 2.66 bits per heavy atom. The maximum absolute atomic E-state index is 13.1.